The van der Waals surface area contributed by atoms with E-state index in [4.69, 9.17) is 14.7 Å². The fourth-order valence-electron chi connectivity index (χ4n) is 2.96. The highest BCUT2D eigenvalue weighted by atomic mass is 16.5. The van der Waals surface area contributed by atoms with Crippen LogP contribution in [0.25, 0.3) is 11.3 Å². The van der Waals surface area contributed by atoms with Crippen molar-refractivity contribution < 1.29 is 14.3 Å². The number of rotatable bonds is 5. The zero-order valence-corrected chi connectivity index (χ0v) is 15.1. The van der Waals surface area contributed by atoms with E-state index in [1.807, 2.05) is 30.3 Å². The number of para-hydroxylation sites is 1. The monoisotopic (exact) mass is 375 g/mol. The van der Waals surface area contributed by atoms with Crippen molar-refractivity contribution in [1.82, 2.24) is 20.1 Å². The Morgan fingerprint density at radius 1 is 1.29 bits per heavy atom. The lowest BCUT2D eigenvalue weighted by Crippen LogP contribution is -2.56. The molecule has 1 aliphatic rings. The minimum absolute atomic E-state index is 0.124. The Hall–Kier alpha value is -3.86. The van der Waals surface area contributed by atoms with Gasteiger partial charge >= 0.3 is 0 Å². The summed E-state index contributed by atoms with van der Waals surface area (Å²) in [6.45, 7) is 0.924. The summed E-state index contributed by atoms with van der Waals surface area (Å²) in [5, 5.41) is 15.8. The number of H-pyrrole nitrogens is 1. The molecule has 0 unspecified atom stereocenters. The zero-order chi connectivity index (χ0) is 19.5. The molecular weight excluding hydrogens is 358 g/mol. The summed E-state index contributed by atoms with van der Waals surface area (Å²) in [7, 11) is 1.60. The van der Waals surface area contributed by atoms with Crippen LogP contribution < -0.4 is 9.47 Å². The molecule has 1 amide bonds. The molecule has 0 radical (unpaired) electrons. The summed E-state index contributed by atoms with van der Waals surface area (Å²) in [6.07, 6.45) is 1.34. The van der Waals surface area contributed by atoms with Crippen molar-refractivity contribution in [2.24, 2.45) is 0 Å². The first-order chi connectivity index (χ1) is 13.7. The van der Waals surface area contributed by atoms with Gasteiger partial charge in [0.25, 0.3) is 5.91 Å². The van der Waals surface area contributed by atoms with Crippen molar-refractivity contribution in [2.75, 3.05) is 20.2 Å². The number of hydrogen-bond donors (Lipinski definition) is 1. The number of carbonyl (C=O) groups excluding carboxylic acids is 1. The smallest absolute Gasteiger partial charge is 0.272 e. The third kappa shape index (κ3) is 3.38. The van der Waals surface area contributed by atoms with Gasteiger partial charge in [-0.05, 0) is 24.3 Å². The average molecular weight is 375 g/mol. The van der Waals surface area contributed by atoms with E-state index in [-0.39, 0.29) is 12.0 Å². The third-order valence-electron chi connectivity index (χ3n) is 4.48. The molecule has 1 saturated heterocycles. The fourth-order valence-corrected chi connectivity index (χ4v) is 2.96. The summed E-state index contributed by atoms with van der Waals surface area (Å²) >= 11 is 0. The van der Waals surface area contributed by atoms with Gasteiger partial charge in [0, 0.05) is 17.8 Å². The number of ether oxygens (including phenoxy) is 2. The van der Waals surface area contributed by atoms with Gasteiger partial charge in [-0.15, -0.1) is 0 Å². The quantitative estimate of drug-likeness (QED) is 0.733. The Kier molecular flexibility index (Phi) is 4.64. The summed E-state index contributed by atoms with van der Waals surface area (Å²) in [5.41, 5.74) is 2.35. The maximum Gasteiger partial charge on any atom is 0.272 e. The summed E-state index contributed by atoms with van der Waals surface area (Å²) in [5.74, 6) is 0.998. The van der Waals surface area contributed by atoms with Crippen molar-refractivity contribution in [1.29, 1.82) is 5.26 Å². The molecule has 0 bridgehead atoms. The van der Waals surface area contributed by atoms with Crippen LogP contribution in [-0.4, -0.2) is 52.3 Å². The van der Waals surface area contributed by atoms with E-state index in [0.717, 1.165) is 5.56 Å². The maximum absolute atomic E-state index is 12.6. The van der Waals surface area contributed by atoms with Crippen LogP contribution >= 0.6 is 0 Å². The van der Waals surface area contributed by atoms with E-state index in [1.54, 1.807) is 30.2 Å². The average Bonchev–Trinajstić information content (AvgIpc) is 3.20. The first-order valence-corrected chi connectivity index (χ1v) is 8.69. The molecule has 0 saturated carbocycles. The number of pyridine rings is 1. The zero-order valence-electron chi connectivity index (χ0n) is 15.1. The van der Waals surface area contributed by atoms with Crippen LogP contribution in [0.15, 0.2) is 48.7 Å². The second kappa shape index (κ2) is 7.40. The number of likely N-dealkylation sites (tertiary alicyclic amines) is 1. The van der Waals surface area contributed by atoms with E-state index in [0.29, 0.717) is 41.7 Å². The number of carbonyl (C=O) groups is 1. The Morgan fingerprint density at radius 2 is 2.11 bits per heavy atom. The molecule has 0 aliphatic carbocycles. The highest BCUT2D eigenvalue weighted by molar-refractivity contribution is 5.94. The van der Waals surface area contributed by atoms with E-state index in [1.165, 1.54) is 6.20 Å². The third-order valence-corrected chi connectivity index (χ3v) is 4.48. The molecule has 3 heterocycles. The van der Waals surface area contributed by atoms with Crippen LogP contribution in [-0.2, 0) is 0 Å². The molecular formula is C20H17N5O3. The number of aromatic nitrogens is 3. The Labute approximate surface area is 161 Å². The van der Waals surface area contributed by atoms with Gasteiger partial charge in [-0.3, -0.25) is 9.89 Å². The van der Waals surface area contributed by atoms with Crippen LogP contribution in [0.1, 0.15) is 16.1 Å². The Balaban J connectivity index is 1.37. The number of nitrogens with zero attached hydrogens (tertiary/aromatic N) is 4. The minimum atomic E-state index is -0.138. The number of aromatic amines is 1. The molecule has 28 heavy (non-hydrogen) atoms. The molecule has 3 aromatic rings. The topological polar surface area (TPSA) is 104 Å². The van der Waals surface area contributed by atoms with Crippen molar-refractivity contribution in [3.05, 3.63) is 59.9 Å². The molecule has 8 heteroatoms. The van der Waals surface area contributed by atoms with E-state index in [9.17, 15) is 4.79 Å². The van der Waals surface area contributed by atoms with Crippen LogP contribution in [0, 0.1) is 11.3 Å². The minimum Gasteiger partial charge on any atom is -0.496 e. The van der Waals surface area contributed by atoms with Gasteiger partial charge in [-0.1, -0.05) is 12.1 Å². The second-order valence-electron chi connectivity index (χ2n) is 6.31. The summed E-state index contributed by atoms with van der Waals surface area (Å²) in [6, 6.07) is 14.5. The van der Waals surface area contributed by atoms with Crippen LogP contribution in [0.2, 0.25) is 0 Å². The van der Waals surface area contributed by atoms with Crippen LogP contribution in [0.3, 0.4) is 0 Å². The molecule has 0 atom stereocenters. The lowest BCUT2D eigenvalue weighted by atomic mass is 10.1. The molecule has 2 aromatic heterocycles. The van der Waals surface area contributed by atoms with Crippen molar-refractivity contribution >= 4 is 5.91 Å². The van der Waals surface area contributed by atoms with Crippen LogP contribution in [0.5, 0.6) is 11.6 Å². The second-order valence-corrected chi connectivity index (χ2v) is 6.31. The molecule has 4 rings (SSSR count). The molecule has 1 aliphatic heterocycles. The standard InChI is InChI=1S/C20H17N5O3/c1-27-18-5-3-2-4-15(18)16-8-17(24-23-16)20(26)25-11-14(12-25)28-19-7-6-13(9-21)10-22-19/h2-8,10,14H,11-12H2,1H3,(H,23,24). The SMILES string of the molecule is COc1ccccc1-c1cc(C(=O)N2CC(Oc3ccc(C#N)cn3)C2)[nH]n1. The Bertz CT molecular complexity index is 1030. The predicted octanol–water partition coefficient (Wildman–Crippen LogP) is 2.26. The van der Waals surface area contributed by atoms with Crippen LogP contribution in [0.4, 0.5) is 0 Å². The van der Waals surface area contributed by atoms with E-state index >= 15 is 0 Å². The maximum atomic E-state index is 12.6. The van der Waals surface area contributed by atoms with Gasteiger partial charge in [-0.2, -0.15) is 10.4 Å². The molecule has 1 aromatic carbocycles. The number of methoxy groups -OCH3 is 1. The van der Waals surface area contributed by atoms with Gasteiger partial charge in [0.1, 0.15) is 23.6 Å². The number of amides is 1. The van der Waals surface area contributed by atoms with Gasteiger partial charge < -0.3 is 14.4 Å². The molecule has 1 fully saturated rings. The lowest BCUT2D eigenvalue weighted by Gasteiger charge is -2.38. The fraction of sp³-hybridized carbons (Fsp3) is 0.200. The van der Waals surface area contributed by atoms with Gasteiger partial charge in [0.15, 0.2) is 0 Å². The number of benzene rings is 1. The normalized spacial score (nSPS) is 13.5. The molecule has 8 nitrogen and oxygen atoms in total. The van der Waals surface area contributed by atoms with Gasteiger partial charge in [0.2, 0.25) is 5.88 Å². The summed E-state index contributed by atoms with van der Waals surface area (Å²) in [4.78, 5) is 18.4. The molecule has 0 spiro atoms. The number of nitriles is 1. The first kappa shape index (κ1) is 17.5. The van der Waals surface area contributed by atoms with Crippen molar-refractivity contribution in [2.45, 2.75) is 6.10 Å². The Morgan fingerprint density at radius 3 is 2.82 bits per heavy atom. The largest absolute Gasteiger partial charge is 0.496 e. The lowest BCUT2D eigenvalue weighted by molar-refractivity contribution is 0.0156. The molecule has 1 N–H and O–H groups in total. The van der Waals surface area contributed by atoms with E-state index in [2.05, 4.69) is 15.2 Å². The number of nitrogens with one attached hydrogen (secondary N) is 1. The first-order valence-electron chi connectivity index (χ1n) is 8.69. The highest BCUT2D eigenvalue weighted by Gasteiger charge is 2.34. The van der Waals surface area contributed by atoms with E-state index < -0.39 is 0 Å². The summed E-state index contributed by atoms with van der Waals surface area (Å²) < 4.78 is 11.1. The van der Waals surface area contributed by atoms with Crippen molar-refractivity contribution in [3.63, 3.8) is 0 Å². The van der Waals surface area contributed by atoms with Gasteiger partial charge in [0.05, 0.1) is 31.5 Å². The highest BCUT2D eigenvalue weighted by Crippen LogP contribution is 2.29. The molecule has 140 valence electrons. The van der Waals surface area contributed by atoms with Crippen molar-refractivity contribution in [3.8, 4) is 29.0 Å². The number of hydrogen-bond acceptors (Lipinski definition) is 6. The predicted molar refractivity (Wildman–Crippen MR) is 99.8 cm³/mol. The van der Waals surface area contributed by atoms with Gasteiger partial charge in [-0.25, -0.2) is 4.98 Å².